The summed E-state index contributed by atoms with van der Waals surface area (Å²) in [4.78, 5) is 4.94. The van der Waals surface area contributed by atoms with E-state index in [1.807, 2.05) is 0 Å². The van der Waals surface area contributed by atoms with Gasteiger partial charge in [0.05, 0.1) is 0 Å². The van der Waals surface area contributed by atoms with Gasteiger partial charge in [-0.25, -0.2) is 0 Å². The highest BCUT2D eigenvalue weighted by Crippen LogP contribution is 2.24. The Morgan fingerprint density at radius 2 is 1.79 bits per heavy atom. The quantitative estimate of drug-likeness (QED) is 0.894. The van der Waals surface area contributed by atoms with Crippen LogP contribution in [0.25, 0.3) is 0 Å². The van der Waals surface area contributed by atoms with Crippen molar-refractivity contribution in [2.24, 2.45) is 0 Å². The Morgan fingerprint density at radius 1 is 1.11 bits per heavy atom. The van der Waals surface area contributed by atoms with Gasteiger partial charge in [0.15, 0.2) is 0 Å². The first-order valence-corrected chi connectivity index (χ1v) is 7.30. The number of piperazine rings is 1. The van der Waals surface area contributed by atoms with E-state index in [9.17, 15) is 0 Å². The van der Waals surface area contributed by atoms with Crippen LogP contribution >= 0.6 is 0 Å². The number of nitrogens with one attached hydrogen (secondary N) is 1. The molecule has 0 radical (unpaired) electrons. The van der Waals surface area contributed by atoms with Crippen LogP contribution in [-0.4, -0.2) is 51.2 Å². The Morgan fingerprint density at radius 3 is 2.47 bits per heavy atom. The van der Waals surface area contributed by atoms with Crippen molar-refractivity contribution in [1.82, 2.24) is 10.2 Å². The van der Waals surface area contributed by atoms with Crippen molar-refractivity contribution >= 4 is 5.69 Å². The van der Waals surface area contributed by atoms with E-state index in [1.165, 1.54) is 35.5 Å². The summed E-state index contributed by atoms with van der Waals surface area (Å²) in [5, 5.41) is 3.40. The number of rotatable bonds is 4. The lowest BCUT2D eigenvalue weighted by Gasteiger charge is -2.30. The third-order valence-electron chi connectivity index (χ3n) is 4.40. The third-order valence-corrected chi connectivity index (χ3v) is 4.40. The van der Waals surface area contributed by atoms with Gasteiger partial charge in [-0.2, -0.15) is 0 Å². The van der Waals surface area contributed by atoms with Crippen molar-refractivity contribution in [3.63, 3.8) is 0 Å². The topological polar surface area (TPSA) is 18.5 Å². The largest absolute Gasteiger partial charge is 0.373 e. The minimum atomic E-state index is 1.10. The van der Waals surface area contributed by atoms with Gasteiger partial charge in [0, 0.05) is 52.0 Å². The maximum absolute atomic E-state index is 3.40. The highest BCUT2D eigenvalue weighted by atomic mass is 15.2. The molecule has 1 aromatic rings. The molecule has 19 heavy (non-hydrogen) atoms. The second-order valence-electron chi connectivity index (χ2n) is 5.66. The highest BCUT2D eigenvalue weighted by Gasteiger charge is 2.12. The summed E-state index contributed by atoms with van der Waals surface area (Å²) in [6.45, 7) is 13.5. The maximum Gasteiger partial charge on any atom is 0.0396 e. The van der Waals surface area contributed by atoms with Gasteiger partial charge >= 0.3 is 0 Å². The Hall–Kier alpha value is -1.06. The molecule has 0 aromatic heterocycles. The fraction of sp³-hybridized carbons (Fsp3) is 0.625. The molecule has 0 saturated carbocycles. The molecule has 0 unspecified atom stereocenters. The van der Waals surface area contributed by atoms with Crippen LogP contribution in [0.3, 0.4) is 0 Å². The molecule has 0 aliphatic carbocycles. The molecule has 1 aliphatic heterocycles. The Bertz CT molecular complexity index is 422. The summed E-state index contributed by atoms with van der Waals surface area (Å²) in [5.41, 5.74) is 5.60. The average molecular weight is 261 g/mol. The minimum absolute atomic E-state index is 1.10. The van der Waals surface area contributed by atoms with E-state index in [0.29, 0.717) is 0 Å². The Labute approximate surface area is 117 Å². The molecule has 2 rings (SSSR count). The monoisotopic (exact) mass is 261 g/mol. The van der Waals surface area contributed by atoms with E-state index in [2.05, 4.69) is 55.1 Å². The van der Waals surface area contributed by atoms with Crippen molar-refractivity contribution in [1.29, 1.82) is 0 Å². The molecule has 3 heteroatoms. The van der Waals surface area contributed by atoms with E-state index in [-0.39, 0.29) is 0 Å². The molecule has 106 valence electrons. The van der Waals surface area contributed by atoms with Crippen molar-refractivity contribution in [2.75, 3.05) is 51.2 Å². The fourth-order valence-corrected chi connectivity index (χ4v) is 2.70. The first kappa shape index (κ1) is 14.4. The molecule has 1 saturated heterocycles. The normalized spacial score (nSPS) is 16.6. The van der Waals surface area contributed by atoms with Crippen LogP contribution in [0.1, 0.15) is 16.7 Å². The standard InChI is InChI=1S/C16H27N3/c1-13-5-6-16(15(3)14(13)2)18(4)11-12-19-9-7-17-8-10-19/h5-6,17H,7-12H2,1-4H3. The molecule has 1 fully saturated rings. The molecular weight excluding hydrogens is 234 g/mol. The van der Waals surface area contributed by atoms with Crippen LogP contribution in [0.4, 0.5) is 5.69 Å². The number of nitrogens with zero attached hydrogens (tertiary/aromatic N) is 2. The lowest BCUT2D eigenvalue weighted by Crippen LogP contribution is -2.46. The van der Waals surface area contributed by atoms with E-state index in [4.69, 9.17) is 0 Å². The summed E-state index contributed by atoms with van der Waals surface area (Å²) in [6.07, 6.45) is 0. The van der Waals surface area contributed by atoms with Crippen LogP contribution in [0, 0.1) is 20.8 Å². The van der Waals surface area contributed by atoms with Crippen molar-refractivity contribution in [3.05, 3.63) is 28.8 Å². The number of likely N-dealkylation sites (N-methyl/N-ethyl adjacent to an activating group) is 1. The maximum atomic E-state index is 3.40. The SMILES string of the molecule is Cc1ccc(N(C)CCN2CCNCC2)c(C)c1C. The third kappa shape index (κ3) is 3.48. The summed E-state index contributed by atoms with van der Waals surface area (Å²) in [7, 11) is 2.21. The first-order valence-electron chi connectivity index (χ1n) is 7.30. The molecule has 0 amide bonds. The van der Waals surface area contributed by atoms with Crippen LogP contribution in [0.2, 0.25) is 0 Å². The van der Waals surface area contributed by atoms with Crippen LogP contribution in [0.5, 0.6) is 0 Å². The number of aryl methyl sites for hydroxylation is 1. The zero-order chi connectivity index (χ0) is 13.8. The van der Waals surface area contributed by atoms with Crippen molar-refractivity contribution < 1.29 is 0 Å². The summed E-state index contributed by atoms with van der Waals surface area (Å²) in [6, 6.07) is 4.49. The molecule has 0 bridgehead atoms. The average Bonchev–Trinajstić information content (AvgIpc) is 2.43. The molecule has 1 aliphatic rings. The number of hydrogen-bond acceptors (Lipinski definition) is 3. The second-order valence-corrected chi connectivity index (χ2v) is 5.66. The van der Waals surface area contributed by atoms with E-state index in [1.54, 1.807) is 0 Å². The van der Waals surface area contributed by atoms with Crippen LogP contribution in [-0.2, 0) is 0 Å². The number of anilines is 1. The lowest BCUT2D eigenvalue weighted by atomic mass is 10.0. The van der Waals surface area contributed by atoms with Gasteiger partial charge in [-0.3, -0.25) is 4.90 Å². The minimum Gasteiger partial charge on any atom is -0.373 e. The number of benzene rings is 1. The number of hydrogen-bond donors (Lipinski definition) is 1. The molecule has 0 spiro atoms. The van der Waals surface area contributed by atoms with Crippen LogP contribution < -0.4 is 10.2 Å². The van der Waals surface area contributed by atoms with Gasteiger partial charge in [-0.1, -0.05) is 6.07 Å². The van der Waals surface area contributed by atoms with Crippen molar-refractivity contribution in [3.8, 4) is 0 Å². The molecule has 0 atom stereocenters. The van der Waals surface area contributed by atoms with Gasteiger partial charge in [0.1, 0.15) is 0 Å². The van der Waals surface area contributed by atoms with Gasteiger partial charge in [0.2, 0.25) is 0 Å². The lowest BCUT2D eigenvalue weighted by molar-refractivity contribution is 0.246. The first-order chi connectivity index (χ1) is 9.09. The summed E-state index contributed by atoms with van der Waals surface area (Å²) < 4.78 is 0. The molecule has 1 N–H and O–H groups in total. The zero-order valence-electron chi connectivity index (χ0n) is 12.8. The smallest absolute Gasteiger partial charge is 0.0396 e. The second kappa shape index (κ2) is 6.40. The molecule has 1 aromatic carbocycles. The Balaban J connectivity index is 1.95. The summed E-state index contributed by atoms with van der Waals surface area (Å²) >= 11 is 0. The molecule has 1 heterocycles. The summed E-state index contributed by atoms with van der Waals surface area (Å²) in [5.74, 6) is 0. The van der Waals surface area contributed by atoms with Crippen LogP contribution in [0.15, 0.2) is 12.1 Å². The van der Waals surface area contributed by atoms with E-state index >= 15 is 0 Å². The van der Waals surface area contributed by atoms with E-state index in [0.717, 1.165) is 26.2 Å². The van der Waals surface area contributed by atoms with Gasteiger partial charge in [0.25, 0.3) is 0 Å². The molecule has 3 nitrogen and oxygen atoms in total. The Kier molecular flexibility index (Phi) is 4.83. The molecular formula is C16H27N3. The zero-order valence-corrected chi connectivity index (χ0v) is 12.8. The van der Waals surface area contributed by atoms with Gasteiger partial charge < -0.3 is 10.2 Å². The predicted molar refractivity (Wildman–Crippen MR) is 83.2 cm³/mol. The predicted octanol–water partition coefficient (Wildman–Crippen LogP) is 1.95. The van der Waals surface area contributed by atoms with Crippen molar-refractivity contribution in [2.45, 2.75) is 20.8 Å². The van der Waals surface area contributed by atoms with E-state index < -0.39 is 0 Å². The van der Waals surface area contributed by atoms with Gasteiger partial charge in [-0.05, 0) is 43.5 Å². The highest BCUT2D eigenvalue weighted by molar-refractivity contribution is 5.57. The fourth-order valence-electron chi connectivity index (χ4n) is 2.70. The van der Waals surface area contributed by atoms with Gasteiger partial charge in [-0.15, -0.1) is 0 Å².